The van der Waals surface area contributed by atoms with E-state index in [1.807, 2.05) is 6.92 Å². The summed E-state index contributed by atoms with van der Waals surface area (Å²) in [5, 5.41) is 0. The van der Waals surface area contributed by atoms with Gasteiger partial charge >= 0.3 is 0 Å². The summed E-state index contributed by atoms with van der Waals surface area (Å²) in [7, 11) is 0. The van der Waals surface area contributed by atoms with E-state index in [9.17, 15) is 4.79 Å². The van der Waals surface area contributed by atoms with E-state index in [1.165, 1.54) is 0 Å². The maximum Gasteiger partial charge on any atom is 0.254 e. The number of amides is 1. The summed E-state index contributed by atoms with van der Waals surface area (Å²) in [5.41, 5.74) is 1.53. The number of hydrogen-bond donors (Lipinski definition) is 1. The first kappa shape index (κ1) is 14.1. The van der Waals surface area contributed by atoms with Gasteiger partial charge < -0.3 is 24.1 Å². The predicted octanol–water partition coefficient (Wildman–Crippen LogP) is 1.66. The second-order valence-corrected chi connectivity index (χ2v) is 5.61. The topological polar surface area (TPSA) is 76.7 Å². The molecule has 1 N–H and O–H groups in total. The molecule has 3 heterocycles. The van der Waals surface area contributed by atoms with Gasteiger partial charge in [-0.25, -0.2) is 4.98 Å². The minimum absolute atomic E-state index is 0.0642. The Morgan fingerprint density at radius 1 is 1.35 bits per heavy atom. The molecule has 1 atom stereocenters. The Kier molecular flexibility index (Phi) is 3.42. The van der Waals surface area contributed by atoms with Gasteiger partial charge in [0.15, 0.2) is 11.5 Å². The highest BCUT2D eigenvalue weighted by Crippen LogP contribution is 2.33. The van der Waals surface area contributed by atoms with Crippen LogP contribution in [-0.2, 0) is 4.74 Å². The van der Waals surface area contributed by atoms with Gasteiger partial charge in [0.2, 0.25) is 6.79 Å². The standard InChI is InChI=1S/C16H17N3O4/c1-10-7-17-15(18-10)12-8-21-5-4-19(12)16(20)11-2-3-13-14(6-11)23-9-22-13/h2-3,6-7,12H,4-5,8-9H2,1H3,(H,17,18). The van der Waals surface area contributed by atoms with Crippen LogP contribution < -0.4 is 9.47 Å². The molecule has 1 unspecified atom stereocenters. The van der Waals surface area contributed by atoms with Crippen LogP contribution in [0.1, 0.15) is 27.9 Å². The SMILES string of the molecule is Cc1cnc(C2COCCN2C(=O)c2ccc3c(c2)OCO3)[nH]1. The minimum Gasteiger partial charge on any atom is -0.454 e. The van der Waals surface area contributed by atoms with Gasteiger partial charge in [0.1, 0.15) is 11.9 Å². The molecule has 7 heteroatoms. The minimum atomic E-state index is -0.213. The van der Waals surface area contributed by atoms with Crippen molar-refractivity contribution in [3.63, 3.8) is 0 Å². The molecule has 23 heavy (non-hydrogen) atoms. The fourth-order valence-electron chi connectivity index (χ4n) is 2.87. The van der Waals surface area contributed by atoms with E-state index >= 15 is 0 Å². The number of benzene rings is 1. The number of carbonyl (C=O) groups is 1. The highest BCUT2D eigenvalue weighted by molar-refractivity contribution is 5.95. The first-order valence-electron chi connectivity index (χ1n) is 7.52. The number of ether oxygens (including phenoxy) is 3. The normalized spacial score (nSPS) is 19.9. The number of aryl methyl sites for hydroxylation is 1. The molecule has 2 aromatic rings. The first-order chi connectivity index (χ1) is 11.2. The molecule has 1 fully saturated rings. The van der Waals surface area contributed by atoms with Crippen LogP contribution >= 0.6 is 0 Å². The number of aromatic nitrogens is 2. The van der Waals surface area contributed by atoms with Crippen molar-refractivity contribution in [2.75, 3.05) is 26.6 Å². The zero-order valence-corrected chi connectivity index (χ0v) is 12.7. The van der Waals surface area contributed by atoms with Gasteiger partial charge in [0, 0.05) is 24.0 Å². The summed E-state index contributed by atoms with van der Waals surface area (Å²) in [6.45, 7) is 3.61. The fourth-order valence-corrected chi connectivity index (χ4v) is 2.87. The van der Waals surface area contributed by atoms with E-state index in [4.69, 9.17) is 14.2 Å². The van der Waals surface area contributed by atoms with Crippen LogP contribution in [0.4, 0.5) is 0 Å². The van der Waals surface area contributed by atoms with Crippen LogP contribution in [0.15, 0.2) is 24.4 Å². The second kappa shape index (κ2) is 5.58. The highest BCUT2D eigenvalue weighted by atomic mass is 16.7. The monoisotopic (exact) mass is 315 g/mol. The Morgan fingerprint density at radius 3 is 3.04 bits per heavy atom. The van der Waals surface area contributed by atoms with Crippen molar-refractivity contribution >= 4 is 5.91 Å². The highest BCUT2D eigenvalue weighted by Gasteiger charge is 2.31. The van der Waals surface area contributed by atoms with E-state index in [1.54, 1.807) is 29.3 Å². The zero-order valence-electron chi connectivity index (χ0n) is 12.7. The molecule has 1 amide bonds. The molecule has 1 saturated heterocycles. The smallest absolute Gasteiger partial charge is 0.254 e. The molecular weight excluding hydrogens is 298 g/mol. The number of hydrogen-bond acceptors (Lipinski definition) is 5. The van der Waals surface area contributed by atoms with Crippen LogP contribution in [0.5, 0.6) is 11.5 Å². The second-order valence-electron chi connectivity index (χ2n) is 5.61. The van der Waals surface area contributed by atoms with Gasteiger partial charge in [-0.2, -0.15) is 0 Å². The lowest BCUT2D eigenvalue weighted by molar-refractivity contribution is -0.00502. The van der Waals surface area contributed by atoms with E-state index in [0.29, 0.717) is 36.8 Å². The Bertz CT molecular complexity index is 743. The molecule has 2 aliphatic heterocycles. The molecule has 120 valence electrons. The van der Waals surface area contributed by atoms with Gasteiger partial charge in [-0.1, -0.05) is 0 Å². The van der Waals surface area contributed by atoms with Crippen LogP contribution in [0.2, 0.25) is 0 Å². The largest absolute Gasteiger partial charge is 0.454 e. The number of fused-ring (bicyclic) bond motifs is 1. The number of rotatable bonds is 2. The number of carbonyl (C=O) groups excluding carboxylic acids is 1. The Labute approximate surface area is 133 Å². The van der Waals surface area contributed by atoms with Crippen molar-refractivity contribution in [2.45, 2.75) is 13.0 Å². The van der Waals surface area contributed by atoms with E-state index in [-0.39, 0.29) is 18.7 Å². The third kappa shape index (κ3) is 2.53. The number of H-pyrrole nitrogens is 1. The zero-order chi connectivity index (χ0) is 15.8. The maximum absolute atomic E-state index is 12.9. The van der Waals surface area contributed by atoms with Crippen molar-refractivity contribution < 1.29 is 19.0 Å². The molecule has 0 radical (unpaired) electrons. The molecule has 7 nitrogen and oxygen atoms in total. The van der Waals surface area contributed by atoms with Gasteiger partial charge in [-0.05, 0) is 25.1 Å². The Morgan fingerprint density at radius 2 is 2.22 bits per heavy atom. The summed E-state index contributed by atoms with van der Waals surface area (Å²) in [5.74, 6) is 1.96. The van der Waals surface area contributed by atoms with Gasteiger partial charge in [0.05, 0.1) is 13.2 Å². The fraction of sp³-hybridized carbons (Fsp3) is 0.375. The van der Waals surface area contributed by atoms with Crippen molar-refractivity contribution in [3.05, 3.63) is 41.5 Å². The summed E-state index contributed by atoms with van der Waals surface area (Å²) in [6, 6.07) is 5.04. The molecule has 0 spiro atoms. The van der Waals surface area contributed by atoms with Crippen molar-refractivity contribution in [2.24, 2.45) is 0 Å². The summed E-state index contributed by atoms with van der Waals surface area (Å²) in [6.07, 6.45) is 1.76. The summed E-state index contributed by atoms with van der Waals surface area (Å²) in [4.78, 5) is 22.3. The molecule has 1 aromatic carbocycles. The summed E-state index contributed by atoms with van der Waals surface area (Å²) < 4.78 is 16.2. The molecule has 4 rings (SSSR count). The number of nitrogens with one attached hydrogen (secondary N) is 1. The van der Waals surface area contributed by atoms with E-state index in [2.05, 4.69) is 9.97 Å². The van der Waals surface area contributed by atoms with Crippen molar-refractivity contribution in [1.29, 1.82) is 0 Å². The molecule has 0 saturated carbocycles. The molecule has 2 aliphatic rings. The average molecular weight is 315 g/mol. The molecule has 0 bridgehead atoms. The van der Waals surface area contributed by atoms with Crippen LogP contribution in [0, 0.1) is 6.92 Å². The average Bonchev–Trinajstić information content (AvgIpc) is 3.22. The van der Waals surface area contributed by atoms with E-state index in [0.717, 1.165) is 11.5 Å². The third-order valence-corrected chi connectivity index (χ3v) is 4.05. The third-order valence-electron chi connectivity index (χ3n) is 4.05. The van der Waals surface area contributed by atoms with Crippen LogP contribution in [0.3, 0.4) is 0 Å². The number of imidazole rings is 1. The summed E-state index contributed by atoms with van der Waals surface area (Å²) >= 11 is 0. The molecule has 1 aromatic heterocycles. The Hall–Kier alpha value is -2.54. The Balaban J connectivity index is 1.62. The lowest BCUT2D eigenvalue weighted by atomic mass is 10.1. The van der Waals surface area contributed by atoms with Gasteiger partial charge in [0.25, 0.3) is 5.91 Å². The van der Waals surface area contributed by atoms with Gasteiger partial charge in [-0.3, -0.25) is 4.79 Å². The van der Waals surface area contributed by atoms with E-state index < -0.39 is 0 Å². The number of aromatic amines is 1. The lowest BCUT2D eigenvalue weighted by Crippen LogP contribution is -2.43. The lowest BCUT2D eigenvalue weighted by Gasteiger charge is -2.34. The van der Waals surface area contributed by atoms with Gasteiger partial charge in [-0.15, -0.1) is 0 Å². The molecular formula is C16H17N3O4. The predicted molar refractivity (Wildman–Crippen MR) is 80.5 cm³/mol. The van der Waals surface area contributed by atoms with Crippen LogP contribution in [0.25, 0.3) is 0 Å². The number of nitrogens with zero attached hydrogens (tertiary/aromatic N) is 2. The van der Waals surface area contributed by atoms with Crippen molar-refractivity contribution in [1.82, 2.24) is 14.9 Å². The quantitative estimate of drug-likeness (QED) is 0.912. The molecule has 0 aliphatic carbocycles. The maximum atomic E-state index is 12.9. The van der Waals surface area contributed by atoms with Crippen molar-refractivity contribution in [3.8, 4) is 11.5 Å². The van der Waals surface area contributed by atoms with Crippen LogP contribution in [-0.4, -0.2) is 47.3 Å². The number of morpholine rings is 1. The first-order valence-corrected chi connectivity index (χ1v) is 7.52.